The van der Waals surface area contributed by atoms with Crippen LogP contribution in [0.1, 0.15) is 5.56 Å². The maximum Gasteiger partial charge on any atom is 0.331 e. The number of hydrogen-bond donors (Lipinski definition) is 2. The van der Waals surface area contributed by atoms with E-state index in [1.54, 1.807) is 24.3 Å². The summed E-state index contributed by atoms with van der Waals surface area (Å²) in [6.07, 6.45) is 0.575. The van der Waals surface area contributed by atoms with Crippen LogP contribution < -0.4 is 0 Å². The number of hydrogen-bond acceptors (Lipinski definition) is 4. The Kier molecular flexibility index (Phi) is 3.94. The van der Waals surface area contributed by atoms with Crippen molar-refractivity contribution in [1.82, 2.24) is 0 Å². The molecule has 0 saturated carbocycles. The number of benzene rings is 1. The fraction of sp³-hybridized carbons (Fsp3) is 0.300. The summed E-state index contributed by atoms with van der Waals surface area (Å²) in [7, 11) is 0. The van der Waals surface area contributed by atoms with Gasteiger partial charge in [0.25, 0.3) is 0 Å². The highest BCUT2D eigenvalue weighted by Crippen LogP contribution is 2.09. The number of esters is 1. The minimum absolute atomic E-state index is 0.209. The molecule has 0 unspecified atom stereocenters. The average Bonchev–Trinajstić information content (AvgIpc) is 2.21. The molecule has 0 bridgehead atoms. The van der Waals surface area contributed by atoms with Crippen molar-refractivity contribution in [1.29, 1.82) is 0 Å². The largest absolute Gasteiger partial charge is 0.508 e. The van der Waals surface area contributed by atoms with Crippen LogP contribution in [0.4, 0.5) is 0 Å². The maximum atomic E-state index is 10.5. The van der Waals surface area contributed by atoms with E-state index in [1.165, 1.54) is 0 Å². The SMILES string of the molecule is O=C(CO)OCCc1ccc(O)cc1. The van der Waals surface area contributed by atoms with Gasteiger partial charge in [-0.25, -0.2) is 4.79 Å². The lowest BCUT2D eigenvalue weighted by molar-refractivity contribution is -0.146. The van der Waals surface area contributed by atoms with Gasteiger partial charge in [-0.15, -0.1) is 0 Å². The number of aromatic hydroxyl groups is 1. The van der Waals surface area contributed by atoms with E-state index >= 15 is 0 Å². The third kappa shape index (κ3) is 3.45. The summed E-state index contributed by atoms with van der Waals surface area (Å²) in [6.45, 7) is -0.347. The molecule has 0 spiro atoms. The number of ether oxygens (including phenoxy) is 1. The molecule has 0 aliphatic heterocycles. The maximum absolute atomic E-state index is 10.5. The Morgan fingerprint density at radius 3 is 2.50 bits per heavy atom. The second-order valence-corrected chi connectivity index (χ2v) is 2.80. The Morgan fingerprint density at radius 1 is 1.29 bits per heavy atom. The standard InChI is InChI=1S/C10H12O4/c11-7-10(13)14-6-5-8-1-3-9(12)4-2-8/h1-4,11-12H,5-7H2. The molecule has 4 nitrogen and oxygen atoms in total. The first kappa shape index (κ1) is 10.5. The van der Waals surface area contributed by atoms with Crippen molar-refractivity contribution >= 4 is 5.97 Å². The van der Waals surface area contributed by atoms with Crippen molar-refractivity contribution in [2.75, 3.05) is 13.2 Å². The van der Waals surface area contributed by atoms with Crippen LogP contribution in [0.15, 0.2) is 24.3 Å². The molecule has 76 valence electrons. The van der Waals surface area contributed by atoms with E-state index in [2.05, 4.69) is 4.74 Å². The zero-order chi connectivity index (χ0) is 10.4. The number of aliphatic hydroxyl groups excluding tert-OH is 1. The molecule has 0 radical (unpaired) electrons. The molecule has 0 atom stereocenters. The molecule has 2 N–H and O–H groups in total. The van der Waals surface area contributed by atoms with E-state index in [0.717, 1.165) is 5.56 Å². The molecule has 4 heteroatoms. The van der Waals surface area contributed by atoms with Crippen LogP contribution in [-0.4, -0.2) is 29.4 Å². The van der Waals surface area contributed by atoms with Gasteiger partial charge in [0, 0.05) is 6.42 Å². The first-order chi connectivity index (χ1) is 6.72. The highest BCUT2D eigenvalue weighted by molar-refractivity contribution is 5.70. The van der Waals surface area contributed by atoms with Crippen molar-refractivity contribution in [2.45, 2.75) is 6.42 Å². The summed E-state index contributed by atoms with van der Waals surface area (Å²) in [4.78, 5) is 10.5. The minimum atomic E-state index is -0.622. The number of carbonyl (C=O) groups is 1. The second kappa shape index (κ2) is 5.24. The quantitative estimate of drug-likeness (QED) is 0.687. The van der Waals surface area contributed by atoms with Crippen LogP contribution in [-0.2, 0) is 16.0 Å². The van der Waals surface area contributed by atoms with Crippen LogP contribution in [0, 0.1) is 0 Å². The third-order valence-electron chi connectivity index (χ3n) is 1.72. The van der Waals surface area contributed by atoms with Gasteiger partial charge >= 0.3 is 5.97 Å². The van der Waals surface area contributed by atoms with Gasteiger partial charge in [-0.05, 0) is 17.7 Å². The minimum Gasteiger partial charge on any atom is -0.508 e. The van der Waals surface area contributed by atoms with Gasteiger partial charge in [-0.1, -0.05) is 12.1 Å². The van der Waals surface area contributed by atoms with Crippen molar-refractivity contribution in [3.63, 3.8) is 0 Å². The molecule has 1 aromatic carbocycles. The van der Waals surface area contributed by atoms with Gasteiger partial charge in [-0.3, -0.25) is 0 Å². The summed E-state index contributed by atoms with van der Waals surface area (Å²) in [6, 6.07) is 6.65. The van der Waals surface area contributed by atoms with E-state index in [1.807, 2.05) is 0 Å². The Balaban J connectivity index is 2.31. The fourth-order valence-corrected chi connectivity index (χ4v) is 0.991. The van der Waals surface area contributed by atoms with Crippen LogP contribution in [0.5, 0.6) is 5.75 Å². The summed E-state index contributed by atoms with van der Waals surface area (Å²) in [5, 5.41) is 17.4. The van der Waals surface area contributed by atoms with Gasteiger partial charge < -0.3 is 14.9 Å². The first-order valence-electron chi connectivity index (χ1n) is 4.27. The number of phenolic OH excluding ortho intramolecular Hbond substituents is 1. The monoisotopic (exact) mass is 196 g/mol. The zero-order valence-corrected chi connectivity index (χ0v) is 7.64. The number of rotatable bonds is 4. The third-order valence-corrected chi connectivity index (χ3v) is 1.72. The molecule has 0 fully saturated rings. The number of carbonyl (C=O) groups excluding carboxylic acids is 1. The molecule has 0 saturated heterocycles. The smallest absolute Gasteiger partial charge is 0.331 e. The predicted octanol–water partition coefficient (Wildman–Crippen LogP) is 0.470. The summed E-state index contributed by atoms with van der Waals surface area (Å²) in [5.41, 5.74) is 0.966. The summed E-state index contributed by atoms with van der Waals surface area (Å²) < 4.78 is 4.67. The van der Waals surface area contributed by atoms with E-state index < -0.39 is 12.6 Å². The Labute approximate surface area is 81.8 Å². The molecular formula is C10H12O4. The van der Waals surface area contributed by atoms with Crippen molar-refractivity contribution in [3.8, 4) is 5.75 Å². The van der Waals surface area contributed by atoms with Crippen LogP contribution in [0.3, 0.4) is 0 Å². The van der Waals surface area contributed by atoms with Gasteiger partial charge in [0.2, 0.25) is 0 Å². The lowest BCUT2D eigenvalue weighted by Gasteiger charge is -2.02. The van der Waals surface area contributed by atoms with Gasteiger partial charge in [0.1, 0.15) is 12.4 Å². The van der Waals surface area contributed by atoms with Crippen molar-refractivity contribution in [3.05, 3.63) is 29.8 Å². The highest BCUT2D eigenvalue weighted by atomic mass is 16.5. The number of aliphatic hydroxyl groups is 1. The van der Waals surface area contributed by atoms with E-state index in [9.17, 15) is 4.79 Å². The lowest BCUT2D eigenvalue weighted by atomic mass is 10.1. The lowest BCUT2D eigenvalue weighted by Crippen LogP contribution is -2.11. The molecule has 14 heavy (non-hydrogen) atoms. The predicted molar refractivity (Wildman–Crippen MR) is 49.9 cm³/mol. The Bertz CT molecular complexity index is 291. The molecule has 0 aliphatic rings. The van der Waals surface area contributed by atoms with Gasteiger partial charge in [-0.2, -0.15) is 0 Å². The molecule has 0 aromatic heterocycles. The number of phenols is 1. The van der Waals surface area contributed by atoms with Gasteiger partial charge in [0.15, 0.2) is 0 Å². The Morgan fingerprint density at radius 2 is 1.93 bits per heavy atom. The molecule has 1 aromatic rings. The molecule has 1 rings (SSSR count). The summed E-state index contributed by atoms with van der Waals surface area (Å²) >= 11 is 0. The van der Waals surface area contributed by atoms with E-state index in [4.69, 9.17) is 10.2 Å². The zero-order valence-electron chi connectivity index (χ0n) is 7.64. The first-order valence-corrected chi connectivity index (χ1v) is 4.27. The highest BCUT2D eigenvalue weighted by Gasteiger charge is 1.99. The van der Waals surface area contributed by atoms with Crippen LogP contribution in [0.2, 0.25) is 0 Å². The van der Waals surface area contributed by atoms with Crippen molar-refractivity contribution < 1.29 is 19.7 Å². The van der Waals surface area contributed by atoms with Gasteiger partial charge in [0.05, 0.1) is 6.61 Å². The molecular weight excluding hydrogens is 184 g/mol. The summed E-state index contributed by atoms with van der Waals surface area (Å²) in [5.74, 6) is -0.412. The topological polar surface area (TPSA) is 66.8 Å². The normalized spacial score (nSPS) is 9.79. The second-order valence-electron chi connectivity index (χ2n) is 2.80. The van der Waals surface area contributed by atoms with E-state index in [-0.39, 0.29) is 12.4 Å². The van der Waals surface area contributed by atoms with Crippen LogP contribution >= 0.6 is 0 Å². The Hall–Kier alpha value is -1.55. The van der Waals surface area contributed by atoms with Crippen LogP contribution in [0.25, 0.3) is 0 Å². The molecule has 0 heterocycles. The molecule has 0 amide bonds. The fourth-order valence-electron chi connectivity index (χ4n) is 0.991. The van der Waals surface area contributed by atoms with Crippen molar-refractivity contribution in [2.24, 2.45) is 0 Å². The average molecular weight is 196 g/mol. The molecule has 0 aliphatic carbocycles. The van der Waals surface area contributed by atoms with E-state index in [0.29, 0.717) is 6.42 Å².